The molecule has 2 amide bonds. The molecule has 3 fully saturated rings. The minimum absolute atomic E-state index is 0.0166. The Bertz CT molecular complexity index is 1140. The number of aliphatic hydroxyl groups is 1. The van der Waals surface area contributed by atoms with E-state index in [0.29, 0.717) is 32.4 Å². The molecule has 0 aromatic carbocycles. The van der Waals surface area contributed by atoms with E-state index in [1.165, 1.54) is 12.1 Å². The summed E-state index contributed by atoms with van der Waals surface area (Å²) in [6.45, 7) is 7.00. The highest BCUT2D eigenvalue weighted by Gasteiger charge is 2.39. The molecule has 3 rings (SSSR count). The molecule has 7 atom stereocenters. The number of alkyl halides is 2. The first-order valence-electron chi connectivity index (χ1n) is 18.0. The highest BCUT2D eigenvalue weighted by atomic mass is 32.2. The zero-order chi connectivity index (χ0) is 34.6. The van der Waals surface area contributed by atoms with Crippen molar-refractivity contribution >= 4 is 21.8 Å². The SMILES string of the molecule is CC#CC1CC(C(=O)NC(CC2CC(F)CC(F)C2)C(O)CN(C)NS(=O)(=O)CC2CCCCC2)CC(C(=O)N(CCC)CCC)C1. The number of sulfonamides is 1. The Balaban J connectivity index is 1.74. The molecule has 0 bridgehead atoms. The number of carbonyl (C=O) groups excluding carboxylic acids is 2. The molecule has 3 saturated carbocycles. The van der Waals surface area contributed by atoms with E-state index < -0.39 is 46.3 Å². The molecular formula is C35H60F2N4O5S. The van der Waals surface area contributed by atoms with Gasteiger partial charge in [-0.3, -0.25) is 9.59 Å². The Morgan fingerprint density at radius 3 is 2.13 bits per heavy atom. The maximum Gasteiger partial charge on any atom is 0.225 e. The van der Waals surface area contributed by atoms with E-state index in [2.05, 4.69) is 22.0 Å². The Morgan fingerprint density at radius 2 is 1.53 bits per heavy atom. The first-order valence-corrected chi connectivity index (χ1v) is 19.7. The molecule has 0 saturated heterocycles. The zero-order valence-corrected chi connectivity index (χ0v) is 29.9. The Morgan fingerprint density at radius 1 is 0.915 bits per heavy atom. The summed E-state index contributed by atoms with van der Waals surface area (Å²) in [6.07, 6.45) is 4.52. The first-order chi connectivity index (χ1) is 22.3. The summed E-state index contributed by atoms with van der Waals surface area (Å²) in [5.74, 6) is 4.56. The van der Waals surface area contributed by atoms with E-state index in [4.69, 9.17) is 0 Å². The Kier molecular flexibility index (Phi) is 16.4. The van der Waals surface area contributed by atoms with Gasteiger partial charge in [-0.25, -0.2) is 22.2 Å². The second-order valence-corrected chi connectivity index (χ2v) is 16.2. The molecule has 47 heavy (non-hydrogen) atoms. The van der Waals surface area contributed by atoms with Crippen LogP contribution in [0.5, 0.6) is 0 Å². The van der Waals surface area contributed by atoms with E-state index in [-0.39, 0.29) is 67.5 Å². The van der Waals surface area contributed by atoms with Gasteiger partial charge in [0.25, 0.3) is 0 Å². The molecule has 0 spiro atoms. The topological polar surface area (TPSA) is 119 Å². The summed E-state index contributed by atoms with van der Waals surface area (Å²) in [6, 6.07) is -0.862. The van der Waals surface area contributed by atoms with Crippen molar-refractivity contribution in [2.75, 3.05) is 32.4 Å². The smallest absolute Gasteiger partial charge is 0.225 e. The zero-order valence-electron chi connectivity index (χ0n) is 29.1. The number of halogens is 2. The molecule has 0 aromatic rings. The average molecular weight is 687 g/mol. The molecule has 0 aliphatic heterocycles. The van der Waals surface area contributed by atoms with Crippen LogP contribution in [0.15, 0.2) is 0 Å². The number of likely N-dealkylation sites (N-methyl/N-ethyl adjacent to an activating group) is 1. The maximum absolute atomic E-state index is 14.4. The van der Waals surface area contributed by atoms with Crippen molar-refractivity contribution in [1.29, 1.82) is 0 Å². The summed E-state index contributed by atoms with van der Waals surface area (Å²) >= 11 is 0. The highest BCUT2D eigenvalue weighted by molar-refractivity contribution is 7.89. The molecule has 12 heteroatoms. The summed E-state index contributed by atoms with van der Waals surface area (Å²) in [4.78, 5) is 31.9. The van der Waals surface area contributed by atoms with E-state index >= 15 is 0 Å². The van der Waals surface area contributed by atoms with Crippen LogP contribution in [0.1, 0.15) is 111 Å². The molecule has 3 aliphatic carbocycles. The fourth-order valence-corrected chi connectivity index (χ4v) is 9.60. The standard InChI is InChI=1S/C35H60F2N4O5S/c1-5-11-26-16-28(21-29(17-26)35(44)41(14-6-2)15-7-3)34(43)38-32(20-27-18-30(36)22-31(37)19-27)33(42)23-40(4)39-47(45,46)24-25-12-9-8-10-13-25/h25-33,39,42H,6-10,12-24H2,1-4H3,(H,38,43). The van der Waals surface area contributed by atoms with Crippen molar-refractivity contribution < 1.29 is 31.9 Å². The number of nitrogens with zero attached hydrogens (tertiary/aromatic N) is 2. The number of amides is 2. The van der Waals surface area contributed by atoms with Gasteiger partial charge in [-0.2, -0.15) is 0 Å². The fraction of sp³-hybridized carbons (Fsp3) is 0.886. The fourth-order valence-electron chi connectivity index (χ4n) is 8.02. The molecule has 0 aromatic heterocycles. The number of hydrogen-bond donors (Lipinski definition) is 3. The van der Waals surface area contributed by atoms with E-state index in [1.54, 1.807) is 6.92 Å². The second-order valence-electron chi connectivity index (χ2n) is 14.5. The highest BCUT2D eigenvalue weighted by Crippen LogP contribution is 2.36. The molecule has 7 unspecified atom stereocenters. The Hall–Kier alpha value is -1.81. The predicted molar refractivity (Wildman–Crippen MR) is 181 cm³/mol. The van der Waals surface area contributed by atoms with Gasteiger partial charge in [-0.15, -0.1) is 16.7 Å². The summed E-state index contributed by atoms with van der Waals surface area (Å²) < 4.78 is 54.5. The summed E-state index contributed by atoms with van der Waals surface area (Å²) in [7, 11) is -2.12. The van der Waals surface area contributed by atoms with E-state index in [0.717, 1.165) is 44.9 Å². The van der Waals surface area contributed by atoms with Crippen molar-refractivity contribution in [3.05, 3.63) is 0 Å². The minimum atomic E-state index is -3.65. The van der Waals surface area contributed by atoms with Crippen molar-refractivity contribution in [2.24, 2.45) is 29.6 Å². The van der Waals surface area contributed by atoms with E-state index in [1.807, 2.05) is 18.7 Å². The lowest BCUT2D eigenvalue weighted by molar-refractivity contribution is -0.139. The van der Waals surface area contributed by atoms with Crippen LogP contribution < -0.4 is 10.1 Å². The van der Waals surface area contributed by atoms with Gasteiger partial charge < -0.3 is 15.3 Å². The number of carbonyl (C=O) groups is 2. The molecular weight excluding hydrogens is 626 g/mol. The number of hydrogen-bond acceptors (Lipinski definition) is 6. The van der Waals surface area contributed by atoms with Crippen LogP contribution in [0.2, 0.25) is 0 Å². The molecule has 3 aliphatic rings. The average Bonchev–Trinajstić information content (AvgIpc) is 2.99. The molecule has 3 N–H and O–H groups in total. The van der Waals surface area contributed by atoms with Crippen molar-refractivity contribution in [3.63, 3.8) is 0 Å². The summed E-state index contributed by atoms with van der Waals surface area (Å²) in [5.41, 5.74) is 0. The third kappa shape index (κ3) is 13.2. The van der Waals surface area contributed by atoms with Crippen LogP contribution in [0.3, 0.4) is 0 Å². The van der Waals surface area contributed by atoms with E-state index in [9.17, 15) is 31.9 Å². The number of nitrogens with one attached hydrogen (secondary N) is 2. The van der Waals surface area contributed by atoms with Gasteiger partial charge in [0, 0.05) is 50.9 Å². The molecule has 0 heterocycles. The molecule has 0 radical (unpaired) electrons. The minimum Gasteiger partial charge on any atom is -0.390 e. The number of aliphatic hydroxyl groups excluding tert-OH is 1. The van der Waals surface area contributed by atoms with Crippen LogP contribution in [0, 0.1) is 41.4 Å². The number of hydrazine groups is 1. The third-order valence-corrected chi connectivity index (χ3v) is 11.6. The van der Waals surface area contributed by atoms with Crippen molar-refractivity contribution in [1.82, 2.24) is 20.1 Å². The van der Waals surface area contributed by atoms with Crippen molar-refractivity contribution in [3.8, 4) is 11.8 Å². The van der Waals surface area contributed by atoms with Crippen LogP contribution in [-0.2, 0) is 19.6 Å². The van der Waals surface area contributed by atoms with Crippen LogP contribution in [0.25, 0.3) is 0 Å². The van der Waals surface area contributed by atoms with Gasteiger partial charge in [0.2, 0.25) is 21.8 Å². The van der Waals surface area contributed by atoms with Gasteiger partial charge in [0.05, 0.1) is 17.9 Å². The largest absolute Gasteiger partial charge is 0.390 e. The summed E-state index contributed by atoms with van der Waals surface area (Å²) in [5, 5.41) is 15.7. The first kappa shape index (κ1) is 39.6. The van der Waals surface area contributed by atoms with Crippen LogP contribution in [0.4, 0.5) is 8.78 Å². The van der Waals surface area contributed by atoms with Crippen molar-refractivity contribution in [2.45, 2.75) is 135 Å². The predicted octanol–water partition coefficient (Wildman–Crippen LogP) is 4.75. The van der Waals surface area contributed by atoms with Gasteiger partial charge in [0.15, 0.2) is 0 Å². The molecule has 270 valence electrons. The third-order valence-electron chi connectivity index (χ3n) is 10.1. The van der Waals surface area contributed by atoms with Gasteiger partial charge in [0.1, 0.15) is 12.3 Å². The Labute approximate surface area is 282 Å². The lowest BCUT2D eigenvalue weighted by Gasteiger charge is -2.37. The quantitative estimate of drug-likeness (QED) is 0.159. The maximum atomic E-state index is 14.4. The lowest BCUT2D eigenvalue weighted by atomic mass is 9.74. The van der Waals surface area contributed by atoms with Crippen LogP contribution in [-0.4, -0.2) is 92.2 Å². The van der Waals surface area contributed by atoms with Gasteiger partial charge in [-0.05, 0) is 83.0 Å². The monoisotopic (exact) mass is 686 g/mol. The lowest BCUT2D eigenvalue weighted by Crippen LogP contribution is -2.54. The van der Waals surface area contributed by atoms with Gasteiger partial charge in [-0.1, -0.05) is 33.1 Å². The normalized spacial score (nSPS) is 28.6. The number of rotatable bonds is 16. The molecule has 9 nitrogen and oxygen atoms in total. The van der Waals surface area contributed by atoms with Gasteiger partial charge >= 0.3 is 0 Å². The van der Waals surface area contributed by atoms with Crippen LogP contribution >= 0.6 is 0 Å². The second kappa shape index (κ2) is 19.4.